The maximum Gasteiger partial charge on any atom is 0.108 e. The number of hydrogen-bond acceptors (Lipinski definition) is 2. The molecule has 0 spiro atoms. The van der Waals surface area contributed by atoms with Crippen LogP contribution < -0.4 is 9.96 Å². The van der Waals surface area contributed by atoms with Crippen LogP contribution in [0.5, 0.6) is 0 Å². The largest absolute Gasteiger partial charge is 0.340 e. The van der Waals surface area contributed by atoms with Gasteiger partial charge in [-0.25, -0.2) is 0 Å². The summed E-state index contributed by atoms with van der Waals surface area (Å²) in [6, 6.07) is 6.21. The minimum Gasteiger partial charge on any atom is -0.340 e. The summed E-state index contributed by atoms with van der Waals surface area (Å²) in [5, 5.41) is 0. The van der Waals surface area contributed by atoms with Crippen LogP contribution >= 0.6 is 0 Å². The molecule has 1 saturated heterocycles. The van der Waals surface area contributed by atoms with Gasteiger partial charge in [0.1, 0.15) is 17.9 Å². The van der Waals surface area contributed by atoms with E-state index in [1.54, 1.807) is 24.2 Å². The summed E-state index contributed by atoms with van der Waals surface area (Å²) in [6.45, 7) is 6.87. The zero-order chi connectivity index (χ0) is 8.81. The van der Waals surface area contributed by atoms with Gasteiger partial charge in [0.15, 0.2) is 0 Å². The zero-order valence-electron chi connectivity index (χ0n) is 8.40. The average molecular weight is 202 g/mol. The molecule has 0 saturated carbocycles. The molecule has 0 aromatic carbocycles. The molecule has 1 aliphatic heterocycles. The highest BCUT2D eigenvalue weighted by molar-refractivity contribution is 6.67. The van der Waals surface area contributed by atoms with Crippen molar-refractivity contribution in [1.82, 2.24) is 9.96 Å². The molecule has 1 aliphatic rings. The van der Waals surface area contributed by atoms with Gasteiger partial charge in [0.25, 0.3) is 0 Å². The van der Waals surface area contributed by atoms with Gasteiger partial charge in [-0.15, -0.1) is 0 Å². The molecular formula is C8H22N2Si2. The fourth-order valence-corrected chi connectivity index (χ4v) is 11.1. The van der Waals surface area contributed by atoms with Crippen molar-refractivity contribution < 1.29 is 0 Å². The first-order chi connectivity index (χ1) is 5.86. The van der Waals surface area contributed by atoms with Gasteiger partial charge in [0, 0.05) is 0 Å². The van der Waals surface area contributed by atoms with Crippen molar-refractivity contribution in [2.45, 2.75) is 38.0 Å². The van der Waals surface area contributed by atoms with E-state index in [1.807, 2.05) is 0 Å². The van der Waals surface area contributed by atoms with Gasteiger partial charge in [0.05, 0.1) is 0 Å². The molecule has 0 atom stereocenters. The normalized spacial score (nSPS) is 30.5. The van der Waals surface area contributed by atoms with Gasteiger partial charge in [-0.3, -0.25) is 0 Å². The van der Waals surface area contributed by atoms with Crippen molar-refractivity contribution in [1.29, 1.82) is 0 Å². The van der Waals surface area contributed by atoms with Crippen LogP contribution in [0, 0.1) is 0 Å². The van der Waals surface area contributed by atoms with Crippen molar-refractivity contribution in [3.63, 3.8) is 0 Å². The minimum atomic E-state index is -0.445. The zero-order valence-corrected chi connectivity index (χ0v) is 10.7. The van der Waals surface area contributed by atoms with E-state index in [9.17, 15) is 0 Å². The third-order valence-corrected chi connectivity index (χ3v) is 10.1. The van der Waals surface area contributed by atoms with Crippen LogP contribution in [0.2, 0.25) is 24.2 Å². The molecule has 2 N–H and O–H groups in total. The Hall–Kier alpha value is 0.354. The first kappa shape index (κ1) is 10.4. The highest BCUT2D eigenvalue weighted by atomic mass is 28.3. The van der Waals surface area contributed by atoms with E-state index in [0.29, 0.717) is 0 Å². The van der Waals surface area contributed by atoms with Crippen LogP contribution in [-0.2, 0) is 0 Å². The van der Waals surface area contributed by atoms with Crippen molar-refractivity contribution in [2.24, 2.45) is 0 Å². The summed E-state index contributed by atoms with van der Waals surface area (Å²) in [5.41, 5.74) is 0. The van der Waals surface area contributed by atoms with E-state index < -0.39 is 17.9 Å². The second-order valence-corrected chi connectivity index (χ2v) is 9.58. The molecule has 0 unspecified atom stereocenters. The first-order valence-corrected chi connectivity index (χ1v) is 9.75. The van der Waals surface area contributed by atoms with Gasteiger partial charge < -0.3 is 9.96 Å². The molecule has 72 valence electrons. The fourth-order valence-electron chi connectivity index (χ4n) is 2.08. The Morgan fingerprint density at radius 2 is 1.17 bits per heavy atom. The van der Waals surface area contributed by atoms with E-state index in [2.05, 4.69) is 23.8 Å². The molecule has 1 heterocycles. The Kier molecular flexibility index (Phi) is 5.14. The standard InChI is InChI=1S/C8H22N2Si2/c1-3-9-11-5-7-12(8-6-11)10-4-2/h9-12H,3-8H2,1-2H3. The summed E-state index contributed by atoms with van der Waals surface area (Å²) in [6.07, 6.45) is 0. The third kappa shape index (κ3) is 3.39. The van der Waals surface area contributed by atoms with Crippen LogP contribution in [0.15, 0.2) is 0 Å². The van der Waals surface area contributed by atoms with Gasteiger partial charge in [-0.2, -0.15) is 0 Å². The molecule has 0 aromatic rings. The second-order valence-electron chi connectivity index (χ2n) is 3.66. The highest BCUT2D eigenvalue weighted by Gasteiger charge is 2.21. The minimum absolute atomic E-state index is 0.445. The number of hydrogen-bond donors (Lipinski definition) is 2. The summed E-state index contributed by atoms with van der Waals surface area (Å²) in [7, 11) is -0.890. The fraction of sp³-hybridized carbons (Fsp3) is 1.00. The molecule has 2 nitrogen and oxygen atoms in total. The molecule has 1 rings (SSSR count). The summed E-state index contributed by atoms with van der Waals surface area (Å²) < 4.78 is 0. The first-order valence-electron chi connectivity index (χ1n) is 5.33. The predicted molar refractivity (Wildman–Crippen MR) is 60.9 cm³/mol. The molecule has 0 aliphatic carbocycles. The van der Waals surface area contributed by atoms with Gasteiger partial charge >= 0.3 is 0 Å². The van der Waals surface area contributed by atoms with Crippen LogP contribution in [0.3, 0.4) is 0 Å². The molecule has 1 fully saturated rings. The smallest absolute Gasteiger partial charge is 0.108 e. The molecule has 0 aromatic heterocycles. The summed E-state index contributed by atoms with van der Waals surface area (Å²) >= 11 is 0. The number of nitrogens with one attached hydrogen (secondary N) is 2. The highest BCUT2D eigenvalue weighted by Crippen LogP contribution is 2.17. The molecule has 0 radical (unpaired) electrons. The summed E-state index contributed by atoms with van der Waals surface area (Å²) in [5.74, 6) is 0. The van der Waals surface area contributed by atoms with Gasteiger partial charge in [-0.05, 0) is 37.3 Å². The predicted octanol–water partition coefficient (Wildman–Crippen LogP) is 0.667. The van der Waals surface area contributed by atoms with Crippen molar-refractivity contribution in [3.05, 3.63) is 0 Å². The Morgan fingerprint density at radius 3 is 1.42 bits per heavy atom. The summed E-state index contributed by atoms with van der Waals surface area (Å²) in [4.78, 5) is 7.36. The Labute approximate surface area is 79.5 Å². The second kappa shape index (κ2) is 5.91. The average Bonchev–Trinajstić information content (AvgIpc) is 2.09. The van der Waals surface area contributed by atoms with Gasteiger partial charge in [-0.1, -0.05) is 13.8 Å². The van der Waals surface area contributed by atoms with Crippen molar-refractivity contribution in [3.8, 4) is 0 Å². The van der Waals surface area contributed by atoms with Crippen LogP contribution in [0.4, 0.5) is 0 Å². The quantitative estimate of drug-likeness (QED) is 0.655. The number of rotatable bonds is 4. The van der Waals surface area contributed by atoms with Crippen LogP contribution in [0.25, 0.3) is 0 Å². The lowest BCUT2D eigenvalue weighted by Crippen LogP contribution is -2.44. The van der Waals surface area contributed by atoms with Gasteiger partial charge in [0.2, 0.25) is 0 Å². The molecule has 4 heteroatoms. The lowest BCUT2D eigenvalue weighted by Gasteiger charge is -2.26. The Balaban J connectivity index is 2.11. The third-order valence-electron chi connectivity index (χ3n) is 2.71. The van der Waals surface area contributed by atoms with E-state index in [0.717, 1.165) is 0 Å². The van der Waals surface area contributed by atoms with E-state index >= 15 is 0 Å². The lowest BCUT2D eigenvalue weighted by molar-refractivity contribution is 0.912. The van der Waals surface area contributed by atoms with Crippen LogP contribution in [-0.4, -0.2) is 31.0 Å². The molecule has 12 heavy (non-hydrogen) atoms. The van der Waals surface area contributed by atoms with E-state index in [-0.39, 0.29) is 0 Å². The maximum atomic E-state index is 3.68. The molecular weight excluding hydrogens is 180 g/mol. The molecule has 0 amide bonds. The van der Waals surface area contributed by atoms with Crippen LogP contribution in [0.1, 0.15) is 13.8 Å². The lowest BCUT2D eigenvalue weighted by atomic mass is 10.8. The van der Waals surface area contributed by atoms with Crippen molar-refractivity contribution in [2.75, 3.05) is 13.1 Å². The van der Waals surface area contributed by atoms with E-state index in [4.69, 9.17) is 0 Å². The Morgan fingerprint density at radius 1 is 0.833 bits per heavy atom. The maximum absolute atomic E-state index is 3.68. The Bertz CT molecular complexity index is 99.6. The van der Waals surface area contributed by atoms with E-state index in [1.165, 1.54) is 13.1 Å². The monoisotopic (exact) mass is 202 g/mol. The topological polar surface area (TPSA) is 24.1 Å². The van der Waals surface area contributed by atoms with Crippen molar-refractivity contribution >= 4 is 17.9 Å². The SMILES string of the molecule is CCN[SiH]1CC[SiH](NCC)CC1. The molecule has 0 bridgehead atoms.